The van der Waals surface area contributed by atoms with Crippen LogP contribution in [0, 0.1) is 13.8 Å². The Bertz CT molecular complexity index is 958. The Labute approximate surface area is 171 Å². The number of carbonyl (C=O) groups is 1. The molecule has 0 saturated heterocycles. The van der Waals surface area contributed by atoms with Crippen LogP contribution in [0.5, 0.6) is 0 Å². The minimum absolute atomic E-state index is 0.0145. The van der Waals surface area contributed by atoms with Crippen LogP contribution in [-0.4, -0.2) is 33.8 Å². The van der Waals surface area contributed by atoms with Crippen molar-refractivity contribution < 1.29 is 9.21 Å². The third-order valence-corrected chi connectivity index (χ3v) is 5.66. The van der Waals surface area contributed by atoms with Gasteiger partial charge < -0.3 is 9.32 Å². The summed E-state index contributed by atoms with van der Waals surface area (Å²) in [5.41, 5.74) is 4.39. The molecule has 0 aliphatic rings. The Balaban J connectivity index is 1.58. The van der Waals surface area contributed by atoms with Gasteiger partial charge in [-0.1, -0.05) is 47.7 Å². The van der Waals surface area contributed by atoms with Crippen LogP contribution in [0.3, 0.4) is 0 Å². The lowest BCUT2D eigenvalue weighted by Gasteiger charge is -2.18. The van der Waals surface area contributed by atoms with Gasteiger partial charge in [0.2, 0.25) is 11.8 Å². The highest BCUT2D eigenvalue weighted by molar-refractivity contribution is 9.10. The molecular formula is C20H20BrN3O2S. The Kier molecular flexibility index (Phi) is 6.34. The third-order valence-electron chi connectivity index (χ3n) is 4.16. The molecule has 0 fully saturated rings. The summed E-state index contributed by atoms with van der Waals surface area (Å²) in [5.74, 6) is 0.695. The second kappa shape index (κ2) is 8.71. The van der Waals surface area contributed by atoms with Crippen LogP contribution in [0.2, 0.25) is 0 Å². The molecule has 0 bridgehead atoms. The molecule has 27 heavy (non-hydrogen) atoms. The van der Waals surface area contributed by atoms with Gasteiger partial charge in [-0.05, 0) is 53.0 Å². The summed E-state index contributed by atoms with van der Waals surface area (Å²) in [7, 11) is 1.81. The second-order valence-corrected chi connectivity index (χ2v) is 8.10. The maximum atomic E-state index is 12.4. The number of hydrogen-bond donors (Lipinski definition) is 0. The van der Waals surface area contributed by atoms with Crippen molar-refractivity contribution in [3.63, 3.8) is 0 Å². The molecule has 0 aliphatic carbocycles. The van der Waals surface area contributed by atoms with Crippen LogP contribution < -0.4 is 0 Å². The molecule has 3 aromatic rings. The summed E-state index contributed by atoms with van der Waals surface area (Å²) >= 11 is 4.72. The van der Waals surface area contributed by atoms with Crippen molar-refractivity contribution in [3.8, 4) is 11.5 Å². The molecule has 3 rings (SSSR count). The monoisotopic (exact) mass is 445 g/mol. The maximum Gasteiger partial charge on any atom is 0.277 e. The van der Waals surface area contributed by atoms with Crippen LogP contribution in [0.15, 0.2) is 56.6 Å². The van der Waals surface area contributed by atoms with Crippen molar-refractivity contribution in [2.75, 3.05) is 12.8 Å². The average Bonchev–Trinajstić information content (AvgIpc) is 3.11. The number of amides is 1. The summed E-state index contributed by atoms with van der Waals surface area (Å²) in [5, 5.41) is 8.48. The first-order valence-electron chi connectivity index (χ1n) is 8.45. The molecule has 2 aromatic carbocycles. The van der Waals surface area contributed by atoms with Gasteiger partial charge in [-0.25, -0.2) is 0 Å². The highest BCUT2D eigenvalue weighted by Gasteiger charge is 2.15. The Morgan fingerprint density at radius 1 is 1.19 bits per heavy atom. The Morgan fingerprint density at radius 3 is 2.70 bits per heavy atom. The molecule has 0 saturated carbocycles. The molecule has 1 amide bonds. The van der Waals surface area contributed by atoms with Gasteiger partial charge in [0.15, 0.2) is 0 Å². The fraction of sp³-hybridized carbons (Fsp3) is 0.250. The zero-order valence-corrected chi connectivity index (χ0v) is 17.8. The van der Waals surface area contributed by atoms with Gasteiger partial charge in [-0.3, -0.25) is 4.79 Å². The topological polar surface area (TPSA) is 59.2 Å². The van der Waals surface area contributed by atoms with Crippen molar-refractivity contribution in [1.29, 1.82) is 0 Å². The second-order valence-electron chi connectivity index (χ2n) is 6.32. The summed E-state index contributed by atoms with van der Waals surface area (Å²) < 4.78 is 6.56. The van der Waals surface area contributed by atoms with Crippen LogP contribution in [0.25, 0.3) is 11.5 Å². The van der Waals surface area contributed by atoms with Gasteiger partial charge in [0, 0.05) is 18.1 Å². The number of thioether (sulfide) groups is 1. The molecule has 7 heteroatoms. The lowest BCUT2D eigenvalue weighted by atomic mass is 10.1. The van der Waals surface area contributed by atoms with E-state index in [0.717, 1.165) is 15.6 Å². The van der Waals surface area contributed by atoms with E-state index in [9.17, 15) is 4.79 Å². The number of benzene rings is 2. The highest BCUT2D eigenvalue weighted by atomic mass is 79.9. The molecule has 1 heterocycles. The highest BCUT2D eigenvalue weighted by Crippen LogP contribution is 2.29. The maximum absolute atomic E-state index is 12.4. The van der Waals surface area contributed by atoms with E-state index in [4.69, 9.17) is 4.42 Å². The zero-order valence-electron chi connectivity index (χ0n) is 15.4. The van der Waals surface area contributed by atoms with E-state index in [1.807, 2.05) is 31.3 Å². The summed E-state index contributed by atoms with van der Waals surface area (Å²) in [6, 6.07) is 13.9. The number of halogens is 1. The van der Waals surface area contributed by atoms with Gasteiger partial charge in [0.25, 0.3) is 5.22 Å². The lowest BCUT2D eigenvalue weighted by Crippen LogP contribution is -2.28. The van der Waals surface area contributed by atoms with Crippen LogP contribution >= 0.6 is 27.7 Å². The lowest BCUT2D eigenvalue weighted by molar-refractivity contribution is -0.127. The van der Waals surface area contributed by atoms with Gasteiger partial charge in [-0.15, -0.1) is 10.2 Å². The van der Waals surface area contributed by atoms with Gasteiger partial charge in [0.05, 0.1) is 11.3 Å². The minimum Gasteiger partial charge on any atom is -0.411 e. The summed E-state index contributed by atoms with van der Waals surface area (Å²) in [4.78, 5) is 14.2. The number of hydrogen-bond acceptors (Lipinski definition) is 5. The quantitative estimate of drug-likeness (QED) is 0.506. The summed E-state index contributed by atoms with van der Waals surface area (Å²) in [6.45, 7) is 4.71. The molecule has 140 valence electrons. The van der Waals surface area contributed by atoms with E-state index in [-0.39, 0.29) is 11.7 Å². The number of rotatable bonds is 6. The molecule has 0 radical (unpaired) electrons. The SMILES string of the molecule is Cc1ccc(CN(C)C(=O)CSc2nnc(-c3ccccc3Br)o2)c(C)c1. The van der Waals surface area contributed by atoms with Crippen molar-refractivity contribution in [3.05, 3.63) is 63.6 Å². The summed E-state index contributed by atoms with van der Waals surface area (Å²) in [6.07, 6.45) is 0. The molecule has 0 N–H and O–H groups in total. The molecule has 1 aromatic heterocycles. The van der Waals surface area contributed by atoms with Crippen molar-refractivity contribution in [2.45, 2.75) is 25.6 Å². The fourth-order valence-electron chi connectivity index (χ4n) is 2.61. The van der Waals surface area contributed by atoms with Crippen molar-refractivity contribution in [1.82, 2.24) is 15.1 Å². The normalized spacial score (nSPS) is 10.8. The van der Waals surface area contributed by atoms with Crippen LogP contribution in [0.4, 0.5) is 0 Å². The van der Waals surface area contributed by atoms with Gasteiger partial charge in [-0.2, -0.15) is 0 Å². The van der Waals surface area contributed by atoms with Gasteiger partial charge >= 0.3 is 0 Å². The minimum atomic E-state index is 0.0145. The van der Waals surface area contributed by atoms with Crippen molar-refractivity contribution in [2.24, 2.45) is 0 Å². The standard InChI is InChI=1S/C20H20BrN3O2S/c1-13-8-9-15(14(2)10-13)11-24(3)18(25)12-27-20-23-22-19(26-20)16-6-4-5-7-17(16)21/h4-10H,11-12H2,1-3H3. The first kappa shape index (κ1) is 19.6. The van der Waals surface area contributed by atoms with E-state index in [1.54, 1.807) is 4.90 Å². The molecular weight excluding hydrogens is 426 g/mol. The van der Waals surface area contributed by atoms with E-state index in [2.05, 4.69) is 58.2 Å². The largest absolute Gasteiger partial charge is 0.411 e. The molecule has 0 spiro atoms. The number of nitrogens with zero attached hydrogens (tertiary/aromatic N) is 3. The fourth-order valence-corrected chi connectivity index (χ4v) is 3.77. The molecule has 0 unspecified atom stereocenters. The Morgan fingerprint density at radius 2 is 1.96 bits per heavy atom. The van der Waals surface area contributed by atoms with Crippen molar-refractivity contribution >= 4 is 33.6 Å². The Hall–Kier alpha value is -2.12. The molecule has 0 atom stereocenters. The van der Waals surface area contributed by atoms with E-state index < -0.39 is 0 Å². The molecule has 0 aliphatic heterocycles. The molecule has 5 nitrogen and oxygen atoms in total. The number of aromatic nitrogens is 2. The van der Waals surface area contributed by atoms with E-state index in [0.29, 0.717) is 17.7 Å². The predicted molar refractivity (Wildman–Crippen MR) is 111 cm³/mol. The first-order chi connectivity index (χ1) is 12.9. The predicted octanol–water partition coefficient (Wildman–Crippen LogP) is 4.87. The smallest absolute Gasteiger partial charge is 0.277 e. The van der Waals surface area contributed by atoms with E-state index in [1.165, 1.54) is 22.9 Å². The average molecular weight is 446 g/mol. The number of carbonyl (C=O) groups excluding carboxylic acids is 1. The zero-order chi connectivity index (χ0) is 19.4. The number of aryl methyl sites for hydroxylation is 2. The first-order valence-corrected chi connectivity index (χ1v) is 10.2. The third kappa shape index (κ3) is 4.99. The van der Waals surface area contributed by atoms with Crippen LogP contribution in [0.1, 0.15) is 16.7 Å². The van der Waals surface area contributed by atoms with E-state index >= 15 is 0 Å². The van der Waals surface area contributed by atoms with Crippen LogP contribution in [-0.2, 0) is 11.3 Å². The van der Waals surface area contributed by atoms with Gasteiger partial charge in [0.1, 0.15) is 0 Å².